The number of fused-ring (bicyclic) bond motifs is 2. The molecule has 2 N–H and O–H groups in total. The van der Waals surface area contributed by atoms with Gasteiger partial charge in [-0.1, -0.05) is 138 Å². The molecular formula is C46H56O2Zr. The maximum absolute atomic E-state index is 7.62. The van der Waals surface area contributed by atoms with Crippen molar-refractivity contribution < 1.29 is 36.4 Å². The van der Waals surface area contributed by atoms with Crippen LogP contribution in [0.5, 0.6) is 0 Å². The molecule has 0 heterocycles. The zero-order valence-electron chi connectivity index (χ0n) is 30.3. The number of unbranched alkanes of at least 4 members (excludes halogenated alkanes) is 2. The summed E-state index contributed by atoms with van der Waals surface area (Å²) in [5.41, 5.74) is 11.2. The molecule has 0 aromatic heterocycles. The molecule has 3 heteroatoms. The van der Waals surface area contributed by atoms with Crippen molar-refractivity contribution in [2.24, 2.45) is 0 Å². The number of hydrogen-bond acceptors (Lipinski definition) is 2. The molecule has 6 rings (SSSR count). The Morgan fingerprint density at radius 1 is 0.469 bits per heavy atom. The van der Waals surface area contributed by atoms with Crippen molar-refractivity contribution in [1.82, 2.24) is 0 Å². The van der Waals surface area contributed by atoms with Crippen LogP contribution in [0.15, 0.2) is 109 Å². The summed E-state index contributed by atoms with van der Waals surface area (Å²) >= 11 is 0. The molecule has 0 bridgehead atoms. The fraction of sp³-hybridized carbons (Fsp3) is 0.348. The van der Waals surface area contributed by atoms with Gasteiger partial charge in [-0.05, 0) is 47.9 Å². The maximum Gasteiger partial charge on any atom is 2.00 e. The second-order valence-electron chi connectivity index (χ2n) is 12.9. The van der Waals surface area contributed by atoms with Crippen LogP contribution in [0, 0.1) is 0 Å². The normalized spacial score (nSPS) is 10.7. The average Bonchev–Trinajstić information content (AvgIpc) is 3.75. The van der Waals surface area contributed by atoms with Gasteiger partial charge in [0.2, 0.25) is 0 Å². The van der Waals surface area contributed by atoms with Gasteiger partial charge in [0.15, 0.2) is 0 Å². The second-order valence-corrected chi connectivity index (χ2v) is 12.9. The Morgan fingerprint density at radius 2 is 0.857 bits per heavy atom. The van der Waals surface area contributed by atoms with Crippen LogP contribution in [-0.2, 0) is 51.9 Å². The number of hydrogen-bond donors (Lipinski definition) is 2. The Balaban J connectivity index is 0.000000235. The van der Waals surface area contributed by atoms with Crippen molar-refractivity contribution in [3.63, 3.8) is 0 Å². The van der Waals surface area contributed by atoms with Gasteiger partial charge in [-0.2, -0.15) is 12.1 Å². The summed E-state index contributed by atoms with van der Waals surface area (Å²) in [5, 5.41) is 20.8. The van der Waals surface area contributed by atoms with Gasteiger partial charge in [0.25, 0.3) is 0 Å². The SMILES string of the molecule is CCCCc1cc2c(-c3ccc(CCC)cc3)cccc2[cH-]1.CCCCc1cc2c(-c3ccc(CCC)cc3)cccc2[cH-]1.OCCO.[Zr+2]. The summed E-state index contributed by atoms with van der Waals surface area (Å²) < 4.78 is 0. The molecule has 0 atom stereocenters. The quantitative estimate of drug-likeness (QED) is 0.116. The van der Waals surface area contributed by atoms with E-state index in [4.69, 9.17) is 10.2 Å². The molecule has 6 aromatic rings. The van der Waals surface area contributed by atoms with Crippen molar-refractivity contribution in [2.45, 2.75) is 91.9 Å². The van der Waals surface area contributed by atoms with Crippen LogP contribution in [-0.4, -0.2) is 23.4 Å². The maximum atomic E-state index is 7.62. The largest absolute Gasteiger partial charge is 2.00 e. The number of aliphatic hydroxyl groups excluding tert-OH is 2. The van der Waals surface area contributed by atoms with Gasteiger partial charge < -0.3 is 10.2 Å². The van der Waals surface area contributed by atoms with Gasteiger partial charge in [-0.3, -0.25) is 0 Å². The van der Waals surface area contributed by atoms with Gasteiger partial charge in [0, 0.05) is 0 Å². The average molecular weight is 732 g/mol. The van der Waals surface area contributed by atoms with Gasteiger partial charge in [0.05, 0.1) is 13.2 Å². The summed E-state index contributed by atoms with van der Waals surface area (Å²) in [6.45, 7) is 8.73. The standard InChI is InChI=1S/2C22H25.C2H6O2.Zr/c2*1-3-5-8-18-15-20-9-6-10-21(22(20)16-18)19-13-11-17(7-4-2)12-14-19;3-1-2-4;/h2*6,9-16H,3-5,7-8H2,1-2H3;3-4H,1-2H2;/q2*-1;;+2. The Hall–Kier alpha value is -3.10. The van der Waals surface area contributed by atoms with E-state index in [0.29, 0.717) is 0 Å². The van der Waals surface area contributed by atoms with Crippen molar-refractivity contribution in [3.05, 3.63) is 131 Å². The zero-order chi connectivity index (χ0) is 34.1. The van der Waals surface area contributed by atoms with Crippen molar-refractivity contribution in [3.8, 4) is 22.3 Å². The summed E-state index contributed by atoms with van der Waals surface area (Å²) in [6, 6.07) is 41.0. The molecule has 256 valence electrons. The molecule has 0 saturated carbocycles. The van der Waals surface area contributed by atoms with Gasteiger partial charge in [-0.15, -0.1) is 69.1 Å². The van der Waals surface area contributed by atoms with Crippen molar-refractivity contribution in [2.75, 3.05) is 13.2 Å². The van der Waals surface area contributed by atoms with E-state index in [1.165, 1.54) is 130 Å². The first-order valence-electron chi connectivity index (χ1n) is 18.3. The molecule has 0 fully saturated rings. The minimum atomic E-state index is -0.125. The second kappa shape index (κ2) is 21.9. The first-order valence-corrected chi connectivity index (χ1v) is 18.3. The molecule has 2 nitrogen and oxygen atoms in total. The summed E-state index contributed by atoms with van der Waals surface area (Å²) in [6.07, 6.45) is 12.2. The fourth-order valence-electron chi connectivity index (χ4n) is 6.43. The fourth-order valence-corrected chi connectivity index (χ4v) is 6.43. The topological polar surface area (TPSA) is 40.5 Å². The third-order valence-electron chi connectivity index (χ3n) is 8.97. The molecule has 49 heavy (non-hydrogen) atoms. The van der Waals surface area contributed by atoms with Crippen molar-refractivity contribution in [1.29, 1.82) is 0 Å². The van der Waals surface area contributed by atoms with E-state index in [1.54, 1.807) is 0 Å². The van der Waals surface area contributed by atoms with Crippen LogP contribution in [0.25, 0.3) is 43.8 Å². The monoisotopic (exact) mass is 730 g/mol. The van der Waals surface area contributed by atoms with Gasteiger partial charge in [-0.25, -0.2) is 0 Å². The molecule has 0 aliphatic heterocycles. The Labute approximate surface area is 315 Å². The van der Waals surface area contributed by atoms with Crippen LogP contribution in [0.3, 0.4) is 0 Å². The summed E-state index contributed by atoms with van der Waals surface area (Å²) in [5.74, 6) is 0. The van der Waals surface area contributed by atoms with E-state index in [9.17, 15) is 0 Å². The first kappa shape index (κ1) is 40.3. The molecule has 0 saturated heterocycles. The van der Waals surface area contributed by atoms with E-state index < -0.39 is 0 Å². The van der Waals surface area contributed by atoms with Crippen LogP contribution >= 0.6 is 0 Å². The van der Waals surface area contributed by atoms with E-state index in [0.717, 1.165) is 0 Å². The zero-order valence-corrected chi connectivity index (χ0v) is 32.7. The Kier molecular flexibility index (Phi) is 18.0. The predicted molar refractivity (Wildman–Crippen MR) is 209 cm³/mol. The number of aliphatic hydroxyl groups is 2. The number of aryl methyl sites for hydroxylation is 4. The van der Waals surface area contributed by atoms with Crippen LogP contribution in [0.1, 0.15) is 88.5 Å². The molecule has 0 aliphatic carbocycles. The number of benzene rings is 4. The smallest absolute Gasteiger partial charge is 0.394 e. The third-order valence-corrected chi connectivity index (χ3v) is 8.97. The van der Waals surface area contributed by atoms with E-state index in [2.05, 4.69) is 137 Å². The van der Waals surface area contributed by atoms with Gasteiger partial charge in [0.1, 0.15) is 0 Å². The van der Waals surface area contributed by atoms with E-state index >= 15 is 0 Å². The summed E-state index contributed by atoms with van der Waals surface area (Å²) in [7, 11) is 0. The predicted octanol–water partition coefficient (Wildman–Crippen LogP) is 12.0. The Morgan fingerprint density at radius 3 is 1.18 bits per heavy atom. The molecule has 6 aromatic carbocycles. The Bertz CT molecular complexity index is 1640. The first-order chi connectivity index (χ1) is 23.5. The molecule has 0 aliphatic rings. The van der Waals surface area contributed by atoms with Crippen LogP contribution < -0.4 is 0 Å². The molecule has 0 unspecified atom stereocenters. The van der Waals surface area contributed by atoms with Crippen LogP contribution in [0.4, 0.5) is 0 Å². The summed E-state index contributed by atoms with van der Waals surface area (Å²) in [4.78, 5) is 0. The minimum Gasteiger partial charge on any atom is -0.394 e. The van der Waals surface area contributed by atoms with Crippen LogP contribution in [0.2, 0.25) is 0 Å². The molecule has 0 spiro atoms. The van der Waals surface area contributed by atoms with E-state index in [1.807, 2.05) is 0 Å². The van der Waals surface area contributed by atoms with Gasteiger partial charge >= 0.3 is 26.2 Å². The number of rotatable bonds is 13. The van der Waals surface area contributed by atoms with Crippen molar-refractivity contribution >= 4 is 21.5 Å². The molecule has 0 radical (unpaired) electrons. The minimum absolute atomic E-state index is 0. The molecule has 0 amide bonds. The van der Waals surface area contributed by atoms with E-state index in [-0.39, 0.29) is 39.4 Å². The molecular weight excluding hydrogens is 676 g/mol. The third kappa shape index (κ3) is 11.7.